The molecule has 0 spiro atoms. The lowest BCUT2D eigenvalue weighted by atomic mass is 10.2. The van der Waals surface area contributed by atoms with Crippen LogP contribution in [0.5, 0.6) is 0 Å². The standard InChI is InChI=1S/C14H14ClN5S/c15-13-19-14(21-9-10-4-2-1-3-5-10)18-12-11(6-7-16)8-17-20(12)13/h1-5,8H,6-7,9,16H2. The van der Waals surface area contributed by atoms with Crippen molar-refractivity contribution in [2.75, 3.05) is 6.54 Å². The summed E-state index contributed by atoms with van der Waals surface area (Å²) >= 11 is 7.72. The molecule has 7 heteroatoms. The number of benzene rings is 1. The summed E-state index contributed by atoms with van der Waals surface area (Å²) in [5, 5.41) is 5.16. The second kappa shape index (κ2) is 6.43. The highest BCUT2D eigenvalue weighted by molar-refractivity contribution is 7.98. The number of fused-ring (bicyclic) bond motifs is 1. The van der Waals surface area contributed by atoms with Crippen molar-refractivity contribution in [2.45, 2.75) is 17.3 Å². The maximum Gasteiger partial charge on any atom is 0.228 e. The van der Waals surface area contributed by atoms with Crippen molar-refractivity contribution in [3.05, 3.63) is 52.9 Å². The molecule has 21 heavy (non-hydrogen) atoms. The Kier molecular flexibility index (Phi) is 4.38. The van der Waals surface area contributed by atoms with Crippen LogP contribution < -0.4 is 5.73 Å². The van der Waals surface area contributed by atoms with Crippen LogP contribution in [0.4, 0.5) is 0 Å². The fourth-order valence-electron chi connectivity index (χ4n) is 1.99. The van der Waals surface area contributed by atoms with Crippen LogP contribution in [-0.2, 0) is 12.2 Å². The number of hydrogen-bond donors (Lipinski definition) is 1. The van der Waals surface area contributed by atoms with E-state index < -0.39 is 0 Å². The molecule has 3 aromatic rings. The first-order valence-corrected chi connectivity index (χ1v) is 7.91. The van der Waals surface area contributed by atoms with Gasteiger partial charge in [-0.3, -0.25) is 0 Å². The monoisotopic (exact) mass is 319 g/mol. The molecule has 0 aliphatic rings. The molecule has 0 radical (unpaired) electrons. The van der Waals surface area contributed by atoms with E-state index >= 15 is 0 Å². The van der Waals surface area contributed by atoms with Crippen LogP contribution in [0.2, 0.25) is 5.28 Å². The van der Waals surface area contributed by atoms with E-state index in [2.05, 4.69) is 27.2 Å². The van der Waals surface area contributed by atoms with Crippen molar-refractivity contribution < 1.29 is 0 Å². The largest absolute Gasteiger partial charge is 0.330 e. The van der Waals surface area contributed by atoms with Crippen molar-refractivity contribution >= 4 is 29.0 Å². The number of rotatable bonds is 5. The van der Waals surface area contributed by atoms with Gasteiger partial charge in [0.05, 0.1) is 6.20 Å². The van der Waals surface area contributed by atoms with E-state index in [1.54, 1.807) is 22.5 Å². The van der Waals surface area contributed by atoms with Gasteiger partial charge in [0.2, 0.25) is 5.28 Å². The highest BCUT2D eigenvalue weighted by atomic mass is 35.5. The lowest BCUT2D eigenvalue weighted by molar-refractivity contribution is 0.832. The Bertz CT molecular complexity index is 744. The Hall–Kier alpha value is -1.63. The number of hydrogen-bond acceptors (Lipinski definition) is 5. The average molecular weight is 320 g/mol. The second-order valence-corrected chi connectivity index (χ2v) is 5.77. The van der Waals surface area contributed by atoms with Gasteiger partial charge in [-0.25, -0.2) is 4.98 Å². The molecule has 3 rings (SSSR count). The van der Waals surface area contributed by atoms with E-state index in [9.17, 15) is 0 Å². The maximum atomic E-state index is 6.16. The zero-order valence-electron chi connectivity index (χ0n) is 11.2. The minimum atomic E-state index is 0.318. The topological polar surface area (TPSA) is 69.1 Å². The molecule has 0 aliphatic carbocycles. The van der Waals surface area contributed by atoms with Crippen molar-refractivity contribution in [3.63, 3.8) is 0 Å². The number of aromatic nitrogens is 4. The minimum Gasteiger partial charge on any atom is -0.330 e. The molecular weight excluding hydrogens is 306 g/mol. The predicted octanol–water partition coefficient (Wildman–Crippen LogP) is 2.57. The minimum absolute atomic E-state index is 0.318. The summed E-state index contributed by atoms with van der Waals surface area (Å²) in [7, 11) is 0. The molecule has 0 saturated heterocycles. The van der Waals surface area contributed by atoms with Gasteiger partial charge in [-0.05, 0) is 30.1 Å². The highest BCUT2D eigenvalue weighted by Gasteiger charge is 2.11. The third-order valence-electron chi connectivity index (χ3n) is 3.01. The summed E-state index contributed by atoms with van der Waals surface area (Å²) in [5.41, 5.74) is 8.54. The summed E-state index contributed by atoms with van der Waals surface area (Å²) in [6.07, 6.45) is 2.47. The van der Waals surface area contributed by atoms with Crippen LogP contribution in [0, 0.1) is 0 Å². The lowest BCUT2D eigenvalue weighted by Crippen LogP contribution is -2.04. The first-order valence-electron chi connectivity index (χ1n) is 6.55. The highest BCUT2D eigenvalue weighted by Crippen LogP contribution is 2.22. The second-order valence-electron chi connectivity index (χ2n) is 4.49. The Morgan fingerprint density at radius 1 is 1.19 bits per heavy atom. The molecule has 2 aromatic heterocycles. The normalized spacial score (nSPS) is 11.1. The van der Waals surface area contributed by atoms with Gasteiger partial charge in [-0.2, -0.15) is 14.6 Å². The molecule has 0 atom stereocenters. The zero-order valence-corrected chi connectivity index (χ0v) is 12.8. The first-order chi connectivity index (χ1) is 10.3. The lowest BCUT2D eigenvalue weighted by Gasteiger charge is -2.03. The molecule has 0 fully saturated rings. The molecule has 0 saturated carbocycles. The molecular formula is C14H14ClN5S. The van der Waals surface area contributed by atoms with E-state index in [0.29, 0.717) is 17.0 Å². The van der Waals surface area contributed by atoms with E-state index in [1.807, 2.05) is 18.2 Å². The quantitative estimate of drug-likeness (QED) is 0.732. The molecule has 0 aliphatic heterocycles. The summed E-state index contributed by atoms with van der Waals surface area (Å²) in [5.74, 6) is 0.799. The number of nitrogens with two attached hydrogens (primary N) is 1. The van der Waals surface area contributed by atoms with Gasteiger partial charge in [0.15, 0.2) is 10.8 Å². The summed E-state index contributed by atoms with van der Waals surface area (Å²) in [6.45, 7) is 0.551. The SMILES string of the molecule is NCCc1cnn2c(Cl)nc(SCc3ccccc3)nc12. The van der Waals surface area contributed by atoms with E-state index in [4.69, 9.17) is 17.3 Å². The fraction of sp³-hybridized carbons (Fsp3) is 0.214. The fourth-order valence-corrected chi connectivity index (χ4v) is 3.03. The van der Waals surface area contributed by atoms with Crippen LogP contribution in [0.15, 0.2) is 41.7 Å². The Labute approximate surface area is 131 Å². The summed E-state index contributed by atoms with van der Waals surface area (Å²) < 4.78 is 1.54. The third kappa shape index (κ3) is 3.18. The first kappa shape index (κ1) is 14.3. The van der Waals surface area contributed by atoms with Crippen LogP contribution >= 0.6 is 23.4 Å². The third-order valence-corrected chi connectivity index (χ3v) is 4.17. The molecule has 5 nitrogen and oxygen atoms in total. The van der Waals surface area contributed by atoms with Crippen LogP contribution in [0.1, 0.15) is 11.1 Å². The summed E-state index contributed by atoms with van der Waals surface area (Å²) in [4.78, 5) is 8.82. The Morgan fingerprint density at radius 3 is 2.76 bits per heavy atom. The predicted molar refractivity (Wildman–Crippen MR) is 84.6 cm³/mol. The summed E-state index contributed by atoms with van der Waals surface area (Å²) in [6, 6.07) is 10.2. The molecule has 0 unspecified atom stereocenters. The van der Waals surface area contributed by atoms with Crippen molar-refractivity contribution in [1.82, 2.24) is 19.6 Å². The molecule has 0 bridgehead atoms. The van der Waals surface area contributed by atoms with Gasteiger partial charge in [0.1, 0.15) is 0 Å². The van der Waals surface area contributed by atoms with Gasteiger partial charge < -0.3 is 5.73 Å². The molecule has 1 aromatic carbocycles. The molecule has 2 N–H and O–H groups in total. The Balaban J connectivity index is 1.87. The number of nitrogens with zero attached hydrogens (tertiary/aromatic N) is 4. The van der Waals surface area contributed by atoms with E-state index in [1.165, 1.54) is 5.56 Å². The van der Waals surface area contributed by atoms with E-state index in [0.717, 1.165) is 23.4 Å². The molecule has 0 amide bonds. The van der Waals surface area contributed by atoms with Crippen LogP contribution in [0.3, 0.4) is 0 Å². The number of thioether (sulfide) groups is 1. The van der Waals surface area contributed by atoms with Gasteiger partial charge in [-0.15, -0.1) is 0 Å². The van der Waals surface area contributed by atoms with Gasteiger partial charge in [0.25, 0.3) is 0 Å². The van der Waals surface area contributed by atoms with Crippen LogP contribution in [-0.4, -0.2) is 26.1 Å². The smallest absolute Gasteiger partial charge is 0.228 e. The van der Waals surface area contributed by atoms with Crippen molar-refractivity contribution in [3.8, 4) is 0 Å². The van der Waals surface area contributed by atoms with E-state index in [-0.39, 0.29) is 0 Å². The van der Waals surface area contributed by atoms with Crippen LogP contribution in [0.25, 0.3) is 5.65 Å². The molecule has 2 heterocycles. The van der Waals surface area contributed by atoms with Crippen molar-refractivity contribution in [2.24, 2.45) is 5.73 Å². The molecule has 108 valence electrons. The van der Waals surface area contributed by atoms with Gasteiger partial charge in [-0.1, -0.05) is 42.1 Å². The van der Waals surface area contributed by atoms with Gasteiger partial charge >= 0.3 is 0 Å². The van der Waals surface area contributed by atoms with Crippen molar-refractivity contribution in [1.29, 1.82) is 0 Å². The average Bonchev–Trinajstić information content (AvgIpc) is 2.90. The maximum absolute atomic E-state index is 6.16. The Morgan fingerprint density at radius 2 is 2.00 bits per heavy atom. The number of halogens is 1. The zero-order chi connectivity index (χ0) is 14.7. The van der Waals surface area contributed by atoms with Gasteiger partial charge in [0, 0.05) is 11.3 Å².